The van der Waals surface area contributed by atoms with Gasteiger partial charge < -0.3 is 10.3 Å². The zero-order chi connectivity index (χ0) is 14.9. The lowest BCUT2D eigenvalue weighted by atomic mass is 10.1. The van der Waals surface area contributed by atoms with Crippen molar-refractivity contribution in [2.75, 3.05) is 6.54 Å². The number of rotatable bonds is 5. The van der Waals surface area contributed by atoms with Gasteiger partial charge in [0.25, 0.3) is 0 Å². The third-order valence-electron chi connectivity index (χ3n) is 4.47. The molecule has 1 aliphatic carbocycles. The van der Waals surface area contributed by atoms with Crippen LogP contribution >= 0.6 is 0 Å². The first-order chi connectivity index (χ1) is 10.1. The Morgan fingerprint density at radius 2 is 2.10 bits per heavy atom. The van der Waals surface area contributed by atoms with Gasteiger partial charge in [-0.15, -0.1) is 0 Å². The molecule has 0 radical (unpaired) electrons. The minimum absolute atomic E-state index is 0.0976. The molecule has 1 saturated heterocycles. The van der Waals surface area contributed by atoms with Crippen molar-refractivity contribution in [3.05, 3.63) is 18.0 Å². The molecular weight excluding hydrogens is 286 g/mol. The topological polar surface area (TPSA) is 65.2 Å². The van der Waals surface area contributed by atoms with Crippen molar-refractivity contribution in [3.63, 3.8) is 0 Å². The van der Waals surface area contributed by atoms with E-state index in [1.54, 1.807) is 16.6 Å². The number of hydrogen-bond acceptors (Lipinski definition) is 3. The van der Waals surface area contributed by atoms with Gasteiger partial charge in [0.15, 0.2) is 0 Å². The van der Waals surface area contributed by atoms with Gasteiger partial charge in [0.05, 0.1) is 4.90 Å². The summed E-state index contributed by atoms with van der Waals surface area (Å²) in [6, 6.07) is 2.50. The first kappa shape index (κ1) is 15.1. The van der Waals surface area contributed by atoms with Gasteiger partial charge in [-0.05, 0) is 38.7 Å². The lowest BCUT2D eigenvalue weighted by molar-refractivity contribution is 0.342. The fourth-order valence-electron chi connectivity index (χ4n) is 2.95. The molecule has 2 heterocycles. The maximum atomic E-state index is 12.8. The molecule has 2 N–H and O–H groups in total. The van der Waals surface area contributed by atoms with Crippen LogP contribution in [0, 0.1) is 0 Å². The smallest absolute Gasteiger partial charge is 0.244 e. The molecule has 1 atom stereocenters. The number of nitrogens with zero attached hydrogens (tertiary/aromatic N) is 1. The lowest BCUT2D eigenvalue weighted by Gasteiger charge is -2.25. The van der Waals surface area contributed by atoms with Gasteiger partial charge in [0, 0.05) is 37.1 Å². The third-order valence-corrected chi connectivity index (χ3v) is 6.46. The van der Waals surface area contributed by atoms with Crippen LogP contribution in [0.3, 0.4) is 0 Å². The summed E-state index contributed by atoms with van der Waals surface area (Å²) in [5.41, 5.74) is 0.947. The fourth-order valence-corrected chi connectivity index (χ4v) is 4.67. The summed E-state index contributed by atoms with van der Waals surface area (Å²) in [4.78, 5) is 3.50. The predicted molar refractivity (Wildman–Crippen MR) is 82.5 cm³/mol. The Morgan fingerprint density at radius 1 is 1.29 bits per heavy atom. The zero-order valence-corrected chi connectivity index (χ0v) is 13.5. The standard InChI is InChI=1S/C15H25N3O2S/c1-12-5-3-2-4-8-18(12)21(19,20)15-9-14(17-11-15)10-16-13-6-7-13/h9,11-13,16-17H,2-8,10H2,1H3. The molecular formula is C15H25N3O2S. The molecule has 0 spiro atoms. The van der Waals surface area contributed by atoms with E-state index in [-0.39, 0.29) is 6.04 Å². The average Bonchev–Trinajstić information content (AvgIpc) is 3.19. The number of aromatic amines is 1. The van der Waals surface area contributed by atoms with Gasteiger partial charge in [-0.1, -0.05) is 12.8 Å². The molecule has 0 aromatic carbocycles. The third kappa shape index (κ3) is 3.49. The second kappa shape index (κ2) is 6.10. The molecule has 1 aromatic heterocycles. The van der Waals surface area contributed by atoms with Gasteiger partial charge in [-0.25, -0.2) is 8.42 Å². The van der Waals surface area contributed by atoms with Gasteiger partial charge in [0.1, 0.15) is 0 Å². The first-order valence-corrected chi connectivity index (χ1v) is 9.44. The Bertz CT molecular complexity index is 577. The number of sulfonamides is 1. The van der Waals surface area contributed by atoms with E-state index in [0.717, 1.165) is 37.9 Å². The SMILES string of the molecule is CC1CCCCCN1S(=O)(=O)c1c[nH]c(CNC2CC2)c1. The van der Waals surface area contributed by atoms with E-state index in [0.29, 0.717) is 17.5 Å². The van der Waals surface area contributed by atoms with Crippen LogP contribution < -0.4 is 5.32 Å². The van der Waals surface area contributed by atoms with Crippen molar-refractivity contribution in [2.45, 2.75) is 69.0 Å². The Labute approximate surface area is 127 Å². The van der Waals surface area contributed by atoms with Crippen LogP contribution in [0.4, 0.5) is 0 Å². The fraction of sp³-hybridized carbons (Fsp3) is 0.733. The van der Waals surface area contributed by atoms with Gasteiger partial charge >= 0.3 is 0 Å². The van der Waals surface area contributed by atoms with Crippen LogP contribution in [-0.4, -0.2) is 36.3 Å². The molecule has 0 bridgehead atoms. The van der Waals surface area contributed by atoms with E-state index in [9.17, 15) is 8.42 Å². The van der Waals surface area contributed by atoms with E-state index in [4.69, 9.17) is 0 Å². The van der Waals surface area contributed by atoms with Crippen molar-refractivity contribution in [2.24, 2.45) is 0 Å². The summed E-state index contributed by atoms with van der Waals surface area (Å²) >= 11 is 0. The monoisotopic (exact) mass is 311 g/mol. The summed E-state index contributed by atoms with van der Waals surface area (Å²) in [5, 5.41) is 3.40. The number of aromatic nitrogens is 1. The average molecular weight is 311 g/mol. The van der Waals surface area contributed by atoms with Gasteiger partial charge in [-0.3, -0.25) is 0 Å². The second-order valence-corrected chi connectivity index (χ2v) is 8.22. The van der Waals surface area contributed by atoms with Crippen LogP contribution in [0.2, 0.25) is 0 Å². The molecule has 2 fully saturated rings. The molecule has 1 saturated carbocycles. The molecule has 0 amide bonds. The highest BCUT2D eigenvalue weighted by Crippen LogP contribution is 2.25. The summed E-state index contributed by atoms with van der Waals surface area (Å²) < 4.78 is 27.3. The van der Waals surface area contributed by atoms with E-state index < -0.39 is 10.0 Å². The van der Waals surface area contributed by atoms with Crippen molar-refractivity contribution >= 4 is 10.0 Å². The highest BCUT2D eigenvalue weighted by molar-refractivity contribution is 7.89. The van der Waals surface area contributed by atoms with Crippen LogP contribution in [0.1, 0.15) is 51.1 Å². The Balaban J connectivity index is 1.73. The molecule has 5 nitrogen and oxygen atoms in total. The van der Waals surface area contributed by atoms with Crippen LogP contribution in [0.25, 0.3) is 0 Å². The minimum Gasteiger partial charge on any atom is -0.363 e. The number of hydrogen-bond donors (Lipinski definition) is 2. The number of nitrogens with one attached hydrogen (secondary N) is 2. The maximum absolute atomic E-state index is 12.8. The van der Waals surface area contributed by atoms with Crippen molar-refractivity contribution in [1.29, 1.82) is 0 Å². The summed E-state index contributed by atoms with van der Waals surface area (Å²) in [7, 11) is -3.36. The Kier molecular flexibility index (Phi) is 4.38. The molecule has 21 heavy (non-hydrogen) atoms. The largest absolute Gasteiger partial charge is 0.363 e. The highest BCUT2D eigenvalue weighted by Gasteiger charge is 2.30. The number of H-pyrrole nitrogens is 1. The zero-order valence-electron chi connectivity index (χ0n) is 12.6. The quantitative estimate of drug-likeness (QED) is 0.876. The molecule has 6 heteroatoms. The van der Waals surface area contributed by atoms with E-state index >= 15 is 0 Å². The normalized spacial score (nSPS) is 24.9. The van der Waals surface area contributed by atoms with Gasteiger partial charge in [0.2, 0.25) is 10.0 Å². The molecule has 1 unspecified atom stereocenters. The van der Waals surface area contributed by atoms with E-state index in [1.807, 2.05) is 6.92 Å². The first-order valence-electron chi connectivity index (χ1n) is 8.00. The van der Waals surface area contributed by atoms with E-state index in [1.165, 1.54) is 12.8 Å². The van der Waals surface area contributed by atoms with Crippen molar-refractivity contribution < 1.29 is 8.42 Å². The van der Waals surface area contributed by atoms with Crippen molar-refractivity contribution in [1.82, 2.24) is 14.6 Å². The molecule has 1 aliphatic heterocycles. The molecule has 1 aromatic rings. The van der Waals surface area contributed by atoms with Crippen molar-refractivity contribution in [3.8, 4) is 0 Å². The molecule has 118 valence electrons. The molecule has 2 aliphatic rings. The Morgan fingerprint density at radius 3 is 2.86 bits per heavy atom. The van der Waals surface area contributed by atoms with Crippen LogP contribution in [0.15, 0.2) is 17.2 Å². The van der Waals surface area contributed by atoms with Crippen LogP contribution in [0.5, 0.6) is 0 Å². The van der Waals surface area contributed by atoms with Gasteiger partial charge in [-0.2, -0.15) is 4.31 Å². The maximum Gasteiger partial charge on any atom is 0.244 e. The second-order valence-electron chi connectivity index (χ2n) is 6.33. The lowest BCUT2D eigenvalue weighted by Crippen LogP contribution is -2.38. The summed E-state index contributed by atoms with van der Waals surface area (Å²) in [5.74, 6) is 0. The Hall–Kier alpha value is -0.850. The van der Waals surface area contributed by atoms with E-state index in [2.05, 4.69) is 10.3 Å². The minimum atomic E-state index is -3.36. The predicted octanol–water partition coefficient (Wildman–Crippen LogP) is 2.22. The van der Waals surface area contributed by atoms with Crippen LogP contribution in [-0.2, 0) is 16.6 Å². The summed E-state index contributed by atoms with van der Waals surface area (Å²) in [6.07, 6.45) is 8.27. The summed E-state index contributed by atoms with van der Waals surface area (Å²) in [6.45, 7) is 3.38. The molecule has 3 rings (SSSR count). The highest BCUT2D eigenvalue weighted by atomic mass is 32.2.